The van der Waals surface area contributed by atoms with Gasteiger partial charge in [-0.15, -0.1) is 0 Å². The second-order valence-corrected chi connectivity index (χ2v) is 11.3. The van der Waals surface area contributed by atoms with E-state index in [0.717, 1.165) is 12.0 Å². The molecule has 8 atom stereocenters. The first-order chi connectivity index (χ1) is 17.1. The molecule has 0 aromatic rings. The highest BCUT2D eigenvalue weighted by atomic mass is 16.7. The van der Waals surface area contributed by atoms with Gasteiger partial charge in [0.2, 0.25) is 0 Å². The predicted octanol–water partition coefficient (Wildman–Crippen LogP) is 2.33. The van der Waals surface area contributed by atoms with Crippen LogP contribution < -0.4 is 0 Å². The molecule has 6 rings (SSSR count). The summed E-state index contributed by atoms with van der Waals surface area (Å²) in [6.45, 7) is 6.73. The largest absolute Gasteiger partial charge is 0.462 e. The number of allylic oxidation sites excluding steroid dienone is 2. The second kappa shape index (κ2) is 8.00. The van der Waals surface area contributed by atoms with Crippen molar-refractivity contribution >= 4 is 17.9 Å². The molecule has 3 saturated heterocycles. The molecule has 0 radical (unpaired) electrons. The van der Waals surface area contributed by atoms with Crippen LogP contribution in [-0.4, -0.2) is 73.3 Å². The summed E-state index contributed by atoms with van der Waals surface area (Å²) < 4.78 is 36.0. The van der Waals surface area contributed by atoms with E-state index in [2.05, 4.69) is 13.8 Å². The summed E-state index contributed by atoms with van der Waals surface area (Å²) in [6, 6.07) is 0. The van der Waals surface area contributed by atoms with Crippen LogP contribution in [0.5, 0.6) is 0 Å². The van der Waals surface area contributed by atoms with E-state index in [4.69, 9.17) is 28.4 Å². The zero-order valence-electron chi connectivity index (χ0n) is 20.8. The van der Waals surface area contributed by atoms with Crippen LogP contribution in [0.2, 0.25) is 0 Å². The van der Waals surface area contributed by atoms with Gasteiger partial charge in [-0.1, -0.05) is 24.6 Å². The van der Waals surface area contributed by atoms with Gasteiger partial charge in [0.15, 0.2) is 0 Å². The van der Waals surface area contributed by atoms with E-state index in [0.29, 0.717) is 25.9 Å². The lowest BCUT2D eigenvalue weighted by Crippen LogP contribution is -2.69. The van der Waals surface area contributed by atoms with E-state index >= 15 is 0 Å². The maximum atomic E-state index is 12.9. The highest BCUT2D eigenvalue weighted by Crippen LogP contribution is 2.75. The third kappa shape index (κ3) is 3.35. The fraction of sp³-hybridized carbons (Fsp3) is 0.667. The first-order valence-electron chi connectivity index (χ1n) is 12.7. The molecule has 2 bridgehead atoms. The standard InChI is InChI=1S/C27H32O9/c1-16-8-11-31-19(28)6-4-5-7-20(29)34-17-13-18-27(15-33-27)25(17,3)26(14-32-21(30)12-16)10-9-24(2)22(36-24)23(26)35-18/h4-7,12,17-18,22-23H,8-11,13-15H2,1-3H3/b6-4?,7-5+,16-12+. The van der Waals surface area contributed by atoms with Gasteiger partial charge in [-0.25, -0.2) is 14.4 Å². The molecule has 0 amide bonds. The summed E-state index contributed by atoms with van der Waals surface area (Å²) in [5.41, 5.74) is -1.39. The quantitative estimate of drug-likeness (QED) is 0.281. The van der Waals surface area contributed by atoms with Crippen LogP contribution in [0.1, 0.15) is 46.5 Å². The number of carbonyl (C=O) groups excluding carboxylic acids is 3. The highest BCUT2D eigenvalue weighted by Gasteiger charge is 2.86. The smallest absolute Gasteiger partial charge is 0.331 e. The van der Waals surface area contributed by atoms with Crippen molar-refractivity contribution in [3.05, 3.63) is 36.0 Å². The van der Waals surface area contributed by atoms with E-state index in [-0.39, 0.29) is 37.1 Å². The molecule has 4 aliphatic heterocycles. The second-order valence-electron chi connectivity index (χ2n) is 11.3. The molecule has 194 valence electrons. The third-order valence-electron chi connectivity index (χ3n) is 9.51. The van der Waals surface area contributed by atoms with E-state index in [1.54, 1.807) is 6.92 Å². The molecule has 0 aromatic carbocycles. The SMILES string of the molecule is C/C1=C\C(=O)OCC23CCC4(C)OC4C2OC2CC(OC(=O)/C=C/C=CC(=O)OCC1)C3(C)C21CO1. The molecular weight excluding hydrogens is 468 g/mol. The minimum atomic E-state index is -0.649. The predicted molar refractivity (Wildman–Crippen MR) is 123 cm³/mol. The van der Waals surface area contributed by atoms with Gasteiger partial charge >= 0.3 is 17.9 Å². The first kappa shape index (κ1) is 23.9. The summed E-state index contributed by atoms with van der Waals surface area (Å²) in [6.07, 6.45) is 8.10. The van der Waals surface area contributed by atoms with Crippen LogP contribution in [0.3, 0.4) is 0 Å². The Bertz CT molecular complexity index is 1090. The molecule has 6 aliphatic rings. The van der Waals surface area contributed by atoms with Gasteiger partial charge in [0, 0.05) is 36.5 Å². The van der Waals surface area contributed by atoms with Gasteiger partial charge in [0.05, 0.1) is 36.4 Å². The Labute approximate surface area is 209 Å². The average molecular weight is 501 g/mol. The molecule has 0 aromatic heterocycles. The van der Waals surface area contributed by atoms with Crippen LogP contribution in [0.25, 0.3) is 0 Å². The summed E-state index contributed by atoms with van der Waals surface area (Å²) in [5, 5.41) is 0. The molecule has 2 aliphatic carbocycles. The normalized spacial score (nSPS) is 50.3. The lowest BCUT2D eigenvalue weighted by atomic mass is 9.50. The van der Waals surface area contributed by atoms with Gasteiger partial charge in [-0.2, -0.15) is 0 Å². The minimum Gasteiger partial charge on any atom is -0.462 e. The Morgan fingerprint density at radius 2 is 1.64 bits per heavy atom. The molecular formula is C27H32O9. The number of cyclic esters (lactones) is 2. The number of ether oxygens (including phenoxy) is 6. The van der Waals surface area contributed by atoms with Crippen LogP contribution in [0.15, 0.2) is 36.0 Å². The van der Waals surface area contributed by atoms with Gasteiger partial charge in [-0.05, 0) is 26.7 Å². The summed E-state index contributed by atoms with van der Waals surface area (Å²) in [4.78, 5) is 37.5. The number of fused-ring (bicyclic) bond motifs is 2. The lowest BCUT2D eigenvalue weighted by Gasteiger charge is -2.58. The van der Waals surface area contributed by atoms with Crippen molar-refractivity contribution in [2.24, 2.45) is 10.8 Å². The number of hydrogen-bond donors (Lipinski definition) is 0. The molecule has 4 heterocycles. The molecule has 8 unspecified atom stereocenters. The monoisotopic (exact) mass is 500 g/mol. The lowest BCUT2D eigenvalue weighted by molar-refractivity contribution is -0.250. The number of epoxide rings is 2. The van der Waals surface area contributed by atoms with E-state index in [1.807, 2.05) is 0 Å². The van der Waals surface area contributed by atoms with Crippen molar-refractivity contribution < 1.29 is 42.8 Å². The number of carbonyl (C=O) groups is 3. The zero-order chi connectivity index (χ0) is 25.3. The maximum absolute atomic E-state index is 12.9. The van der Waals surface area contributed by atoms with Crippen molar-refractivity contribution in [3.8, 4) is 0 Å². The summed E-state index contributed by atoms with van der Waals surface area (Å²) >= 11 is 0. The molecule has 36 heavy (non-hydrogen) atoms. The van der Waals surface area contributed by atoms with Gasteiger partial charge in [0.25, 0.3) is 0 Å². The van der Waals surface area contributed by atoms with Crippen molar-refractivity contribution in [2.75, 3.05) is 19.8 Å². The Balaban J connectivity index is 1.38. The minimum absolute atomic E-state index is 0.103. The Morgan fingerprint density at radius 1 is 0.889 bits per heavy atom. The van der Waals surface area contributed by atoms with E-state index < -0.39 is 40.4 Å². The fourth-order valence-corrected chi connectivity index (χ4v) is 7.17. The molecule has 2 saturated carbocycles. The van der Waals surface area contributed by atoms with E-state index in [9.17, 15) is 14.4 Å². The average Bonchev–Trinajstić information content (AvgIpc) is 3.73. The van der Waals surface area contributed by atoms with Crippen molar-refractivity contribution in [1.29, 1.82) is 0 Å². The van der Waals surface area contributed by atoms with Gasteiger partial charge < -0.3 is 28.4 Å². The van der Waals surface area contributed by atoms with Crippen molar-refractivity contribution in [1.82, 2.24) is 0 Å². The van der Waals surface area contributed by atoms with Crippen molar-refractivity contribution in [3.63, 3.8) is 0 Å². The molecule has 2 spiro atoms. The van der Waals surface area contributed by atoms with Crippen LogP contribution in [0.4, 0.5) is 0 Å². The van der Waals surface area contributed by atoms with Crippen LogP contribution in [-0.2, 0) is 42.8 Å². The molecule has 0 N–H and O–H groups in total. The number of rotatable bonds is 0. The van der Waals surface area contributed by atoms with Crippen LogP contribution >= 0.6 is 0 Å². The topological polar surface area (TPSA) is 113 Å². The highest BCUT2D eigenvalue weighted by molar-refractivity contribution is 5.85. The third-order valence-corrected chi connectivity index (χ3v) is 9.51. The van der Waals surface area contributed by atoms with Gasteiger partial charge in [-0.3, -0.25) is 0 Å². The van der Waals surface area contributed by atoms with Crippen molar-refractivity contribution in [2.45, 2.75) is 82.1 Å². The molecule has 9 nitrogen and oxygen atoms in total. The zero-order valence-corrected chi connectivity index (χ0v) is 20.8. The summed E-state index contributed by atoms with van der Waals surface area (Å²) in [5.74, 6) is -1.52. The Hall–Kier alpha value is -2.49. The van der Waals surface area contributed by atoms with Gasteiger partial charge in [0.1, 0.15) is 24.4 Å². The maximum Gasteiger partial charge on any atom is 0.331 e. The summed E-state index contributed by atoms with van der Waals surface area (Å²) in [7, 11) is 0. The molecule has 9 heteroatoms. The van der Waals surface area contributed by atoms with E-state index in [1.165, 1.54) is 30.4 Å². The fourth-order valence-electron chi connectivity index (χ4n) is 7.17. The van der Waals surface area contributed by atoms with Crippen LogP contribution in [0, 0.1) is 10.8 Å². The Kier molecular flexibility index (Phi) is 5.31. The molecule has 5 fully saturated rings. The number of esters is 3. The Morgan fingerprint density at radius 3 is 2.39 bits per heavy atom. The first-order valence-corrected chi connectivity index (χ1v) is 12.7. The number of hydrogen-bond acceptors (Lipinski definition) is 9.